The molecular weight excluding hydrogens is 421 g/mol. The summed E-state index contributed by atoms with van der Waals surface area (Å²) < 4.78 is 21.3. The molecule has 33 heavy (non-hydrogen) atoms. The van der Waals surface area contributed by atoms with Gasteiger partial charge in [0.15, 0.2) is 17.0 Å². The van der Waals surface area contributed by atoms with Crippen LogP contribution in [0.4, 0.5) is 10.2 Å². The number of nitrogens with zero attached hydrogens (tertiary/aromatic N) is 6. The van der Waals surface area contributed by atoms with E-state index in [0.717, 1.165) is 38.4 Å². The molecule has 1 aliphatic heterocycles. The number of aryl methyl sites for hydroxylation is 1. The minimum Gasteiger partial charge on any atom is -0.382 e. The average molecular weight is 448 g/mol. The van der Waals surface area contributed by atoms with Crippen LogP contribution in [0.15, 0.2) is 42.7 Å². The predicted molar refractivity (Wildman–Crippen MR) is 124 cm³/mol. The normalized spacial score (nSPS) is 14.7. The first-order valence-corrected chi connectivity index (χ1v) is 11.1. The summed E-state index contributed by atoms with van der Waals surface area (Å²) in [5.41, 5.74) is 10.2. The van der Waals surface area contributed by atoms with E-state index in [2.05, 4.69) is 44.1 Å². The largest absolute Gasteiger partial charge is 0.382 e. The van der Waals surface area contributed by atoms with Crippen LogP contribution in [0, 0.1) is 5.82 Å². The van der Waals surface area contributed by atoms with Crippen LogP contribution < -0.4 is 5.73 Å². The standard InChI is InChI=1S/C24H26FN7O/c1-2-20-28-22(26)21-24(29-20)32(23(30-21)18-11-19(25)13-27-12-18)15-17-5-3-16(4-6-17)14-31-7-9-33-10-8-31/h3-6,11-13H,2,7-10,14-15H2,1H3,(H2,26,28,29). The van der Waals surface area contributed by atoms with Gasteiger partial charge in [0.25, 0.3) is 0 Å². The van der Waals surface area contributed by atoms with Gasteiger partial charge in [0.05, 0.1) is 26.0 Å². The lowest BCUT2D eigenvalue weighted by atomic mass is 10.1. The third-order valence-electron chi connectivity index (χ3n) is 5.82. The van der Waals surface area contributed by atoms with Crippen LogP contribution in [-0.2, 0) is 24.2 Å². The highest BCUT2D eigenvalue weighted by Gasteiger charge is 2.19. The number of halogens is 1. The molecule has 4 aromatic rings. The molecule has 0 radical (unpaired) electrons. The van der Waals surface area contributed by atoms with Crippen molar-refractivity contribution in [3.05, 3.63) is 65.5 Å². The van der Waals surface area contributed by atoms with Crippen molar-refractivity contribution >= 4 is 17.0 Å². The van der Waals surface area contributed by atoms with Crippen LogP contribution in [0.3, 0.4) is 0 Å². The third kappa shape index (κ3) is 4.55. The molecule has 1 saturated heterocycles. The molecule has 0 unspecified atom stereocenters. The topological polar surface area (TPSA) is 95.0 Å². The summed E-state index contributed by atoms with van der Waals surface area (Å²) in [5.74, 6) is 1.10. The van der Waals surface area contributed by atoms with Gasteiger partial charge >= 0.3 is 0 Å². The van der Waals surface area contributed by atoms with E-state index in [4.69, 9.17) is 15.5 Å². The molecule has 8 nitrogen and oxygen atoms in total. The Bertz CT molecular complexity index is 1270. The molecule has 2 N–H and O–H groups in total. The Labute approximate surface area is 191 Å². The molecule has 170 valence electrons. The molecule has 0 atom stereocenters. The van der Waals surface area contributed by atoms with Crippen LogP contribution in [0.5, 0.6) is 0 Å². The van der Waals surface area contributed by atoms with E-state index in [9.17, 15) is 4.39 Å². The summed E-state index contributed by atoms with van der Waals surface area (Å²) in [6.07, 6.45) is 3.42. The minimum atomic E-state index is -0.424. The molecular formula is C24H26FN7O. The Kier molecular flexibility index (Phi) is 5.97. The van der Waals surface area contributed by atoms with Gasteiger partial charge in [0, 0.05) is 37.8 Å². The Balaban J connectivity index is 1.50. The lowest BCUT2D eigenvalue weighted by Gasteiger charge is -2.26. The molecule has 1 aliphatic rings. The summed E-state index contributed by atoms with van der Waals surface area (Å²) in [4.78, 5) is 20.1. The number of aromatic nitrogens is 5. The highest BCUT2D eigenvalue weighted by Crippen LogP contribution is 2.27. The number of rotatable bonds is 6. The fourth-order valence-corrected chi connectivity index (χ4v) is 4.08. The second-order valence-corrected chi connectivity index (χ2v) is 8.17. The SMILES string of the molecule is CCc1nc(N)c2nc(-c3cncc(F)c3)n(Cc3ccc(CN4CCOCC4)cc3)c2n1. The Hall–Kier alpha value is -3.43. The number of hydrogen-bond acceptors (Lipinski definition) is 7. The summed E-state index contributed by atoms with van der Waals surface area (Å²) >= 11 is 0. The van der Waals surface area contributed by atoms with Crippen LogP contribution >= 0.6 is 0 Å². The van der Waals surface area contributed by atoms with E-state index in [0.29, 0.717) is 47.2 Å². The number of benzene rings is 1. The molecule has 0 saturated carbocycles. The summed E-state index contributed by atoms with van der Waals surface area (Å²) in [6.45, 7) is 6.87. The second kappa shape index (κ2) is 9.21. The molecule has 0 bridgehead atoms. The summed E-state index contributed by atoms with van der Waals surface area (Å²) in [6, 6.07) is 9.93. The number of hydrogen-bond donors (Lipinski definition) is 1. The first-order chi connectivity index (χ1) is 16.1. The number of morpholine rings is 1. The van der Waals surface area contributed by atoms with E-state index in [1.165, 1.54) is 17.8 Å². The van der Waals surface area contributed by atoms with E-state index in [-0.39, 0.29) is 0 Å². The molecule has 9 heteroatoms. The lowest BCUT2D eigenvalue weighted by molar-refractivity contribution is 0.0342. The van der Waals surface area contributed by atoms with Gasteiger partial charge < -0.3 is 15.0 Å². The Morgan fingerprint density at radius 1 is 1.00 bits per heavy atom. The first-order valence-electron chi connectivity index (χ1n) is 11.1. The smallest absolute Gasteiger partial charge is 0.166 e. The van der Waals surface area contributed by atoms with Crippen molar-refractivity contribution in [2.75, 3.05) is 32.0 Å². The van der Waals surface area contributed by atoms with Gasteiger partial charge in [0.1, 0.15) is 17.5 Å². The average Bonchev–Trinajstić information content (AvgIpc) is 3.20. The second-order valence-electron chi connectivity index (χ2n) is 8.17. The van der Waals surface area contributed by atoms with Crippen molar-refractivity contribution in [3.63, 3.8) is 0 Å². The van der Waals surface area contributed by atoms with E-state index in [1.807, 2.05) is 11.5 Å². The maximum Gasteiger partial charge on any atom is 0.166 e. The van der Waals surface area contributed by atoms with Crippen LogP contribution in [-0.4, -0.2) is 55.7 Å². The quantitative estimate of drug-likeness (QED) is 0.485. The maximum atomic E-state index is 13.9. The fraction of sp³-hybridized carbons (Fsp3) is 0.333. The van der Waals surface area contributed by atoms with Crippen LogP contribution in [0.1, 0.15) is 23.9 Å². The maximum absolute atomic E-state index is 13.9. The van der Waals surface area contributed by atoms with Gasteiger partial charge in [0.2, 0.25) is 0 Å². The van der Waals surface area contributed by atoms with E-state index >= 15 is 0 Å². The fourth-order valence-electron chi connectivity index (χ4n) is 4.08. The van der Waals surface area contributed by atoms with Gasteiger partial charge in [-0.25, -0.2) is 19.3 Å². The molecule has 1 aromatic carbocycles. The molecule has 3 aromatic heterocycles. The Morgan fingerprint density at radius 3 is 2.42 bits per heavy atom. The van der Waals surface area contributed by atoms with Crippen molar-refractivity contribution in [2.24, 2.45) is 0 Å². The molecule has 4 heterocycles. The predicted octanol–water partition coefficient (Wildman–Crippen LogP) is 3.05. The van der Waals surface area contributed by atoms with Crippen molar-refractivity contribution in [1.82, 2.24) is 29.4 Å². The van der Waals surface area contributed by atoms with Gasteiger partial charge in [-0.2, -0.15) is 0 Å². The molecule has 1 fully saturated rings. The van der Waals surface area contributed by atoms with Crippen molar-refractivity contribution < 1.29 is 9.13 Å². The van der Waals surface area contributed by atoms with Crippen molar-refractivity contribution in [3.8, 4) is 11.4 Å². The molecule has 0 spiro atoms. The zero-order valence-corrected chi connectivity index (χ0v) is 18.5. The van der Waals surface area contributed by atoms with Gasteiger partial charge in [-0.05, 0) is 17.2 Å². The number of nitrogen functional groups attached to an aromatic ring is 1. The van der Waals surface area contributed by atoms with Crippen LogP contribution in [0.25, 0.3) is 22.6 Å². The van der Waals surface area contributed by atoms with Gasteiger partial charge in [-0.15, -0.1) is 0 Å². The third-order valence-corrected chi connectivity index (χ3v) is 5.82. The number of anilines is 1. The number of fused-ring (bicyclic) bond motifs is 1. The monoisotopic (exact) mass is 447 g/mol. The zero-order chi connectivity index (χ0) is 22.8. The molecule has 5 rings (SSSR count). The van der Waals surface area contributed by atoms with E-state index in [1.54, 1.807) is 6.20 Å². The molecule has 0 aliphatic carbocycles. The first kappa shape index (κ1) is 21.4. The highest BCUT2D eigenvalue weighted by atomic mass is 19.1. The lowest BCUT2D eigenvalue weighted by Crippen LogP contribution is -2.35. The number of imidazole rings is 1. The van der Waals surface area contributed by atoms with Crippen molar-refractivity contribution in [1.29, 1.82) is 0 Å². The number of pyridine rings is 1. The summed E-state index contributed by atoms with van der Waals surface area (Å²) in [5, 5.41) is 0. The minimum absolute atomic E-state index is 0.321. The number of nitrogens with two attached hydrogens (primary N) is 1. The van der Waals surface area contributed by atoms with Crippen LogP contribution in [0.2, 0.25) is 0 Å². The van der Waals surface area contributed by atoms with Gasteiger partial charge in [-0.3, -0.25) is 9.88 Å². The van der Waals surface area contributed by atoms with E-state index < -0.39 is 5.82 Å². The highest BCUT2D eigenvalue weighted by molar-refractivity contribution is 5.85. The van der Waals surface area contributed by atoms with Gasteiger partial charge in [-0.1, -0.05) is 31.2 Å². The Morgan fingerprint density at radius 2 is 1.73 bits per heavy atom. The molecule has 0 amide bonds. The zero-order valence-electron chi connectivity index (χ0n) is 18.5. The number of ether oxygens (including phenoxy) is 1. The van der Waals surface area contributed by atoms with Crippen molar-refractivity contribution in [2.45, 2.75) is 26.4 Å². The summed E-state index contributed by atoms with van der Waals surface area (Å²) in [7, 11) is 0.